The van der Waals surface area contributed by atoms with Crippen LogP contribution in [-0.2, 0) is 14.4 Å². The number of hydrogen-bond donors (Lipinski definition) is 1. The predicted octanol–water partition coefficient (Wildman–Crippen LogP) is 3.87. The van der Waals surface area contributed by atoms with Crippen molar-refractivity contribution in [3.63, 3.8) is 0 Å². The molecule has 2 aliphatic rings. The molecule has 1 aromatic heterocycles. The van der Waals surface area contributed by atoms with E-state index in [1.165, 1.54) is 7.11 Å². The van der Waals surface area contributed by atoms with E-state index < -0.39 is 11.9 Å². The molecule has 5 rings (SSSR count). The number of carbonyl (C=O) groups excluding carboxylic acids is 3. The Morgan fingerprint density at radius 3 is 2.42 bits per heavy atom. The number of anilines is 1. The zero-order valence-electron chi connectivity index (χ0n) is 17.3. The number of nitrogens with zero attached hydrogens (tertiary/aromatic N) is 1. The molecule has 1 N–H and O–H groups in total. The van der Waals surface area contributed by atoms with Crippen LogP contribution < -0.4 is 10.1 Å². The lowest BCUT2D eigenvalue weighted by molar-refractivity contribution is -0.146. The van der Waals surface area contributed by atoms with E-state index in [1.54, 1.807) is 13.0 Å². The van der Waals surface area contributed by atoms with Gasteiger partial charge in [-0.2, -0.15) is 0 Å². The number of carbonyl (C=O) groups is 3. The predicted molar refractivity (Wildman–Crippen MR) is 116 cm³/mol. The van der Waals surface area contributed by atoms with Gasteiger partial charge in [-0.3, -0.25) is 19.3 Å². The number of methoxy groups -OCH3 is 1. The SMILES string of the molecule is COc1cc2c(cc1NC(=O)[C@H](C)N1C(=O)[C@H]3CC=CC[C@H]3C1=O)oc1ccccc12. The van der Waals surface area contributed by atoms with Crippen LogP contribution in [0.5, 0.6) is 5.75 Å². The van der Waals surface area contributed by atoms with Crippen molar-refractivity contribution in [3.8, 4) is 5.75 Å². The van der Waals surface area contributed by atoms with Crippen molar-refractivity contribution in [2.45, 2.75) is 25.8 Å². The van der Waals surface area contributed by atoms with E-state index in [-0.39, 0.29) is 23.7 Å². The number of hydrogen-bond acceptors (Lipinski definition) is 5. The van der Waals surface area contributed by atoms with E-state index in [0.717, 1.165) is 21.3 Å². The van der Waals surface area contributed by atoms with E-state index in [9.17, 15) is 14.4 Å². The molecular weight excluding hydrogens is 396 g/mol. The summed E-state index contributed by atoms with van der Waals surface area (Å²) in [6.45, 7) is 1.57. The smallest absolute Gasteiger partial charge is 0.247 e. The molecule has 31 heavy (non-hydrogen) atoms. The molecule has 2 aromatic carbocycles. The fraction of sp³-hybridized carbons (Fsp3) is 0.292. The first-order chi connectivity index (χ1) is 15.0. The van der Waals surface area contributed by atoms with Crippen molar-refractivity contribution in [2.75, 3.05) is 12.4 Å². The fourth-order valence-electron chi connectivity index (χ4n) is 4.58. The number of benzene rings is 2. The highest BCUT2D eigenvalue weighted by molar-refractivity contribution is 6.11. The Morgan fingerprint density at radius 2 is 1.74 bits per heavy atom. The molecule has 1 aliphatic carbocycles. The highest BCUT2D eigenvalue weighted by atomic mass is 16.5. The third-order valence-electron chi connectivity index (χ3n) is 6.27. The Bertz CT molecular complexity index is 1230. The maximum Gasteiger partial charge on any atom is 0.247 e. The Morgan fingerprint density at radius 1 is 1.06 bits per heavy atom. The van der Waals surface area contributed by atoms with Crippen molar-refractivity contribution >= 4 is 45.3 Å². The topological polar surface area (TPSA) is 88.9 Å². The molecule has 2 heterocycles. The number of fused-ring (bicyclic) bond motifs is 4. The highest BCUT2D eigenvalue weighted by Crippen LogP contribution is 2.38. The molecule has 7 heteroatoms. The van der Waals surface area contributed by atoms with E-state index in [2.05, 4.69) is 5.32 Å². The van der Waals surface area contributed by atoms with Crippen molar-refractivity contribution < 1.29 is 23.5 Å². The first-order valence-electron chi connectivity index (χ1n) is 10.3. The average molecular weight is 418 g/mol. The van der Waals surface area contributed by atoms with Gasteiger partial charge in [0.1, 0.15) is 23.0 Å². The van der Waals surface area contributed by atoms with Gasteiger partial charge < -0.3 is 14.5 Å². The number of rotatable bonds is 4. The minimum absolute atomic E-state index is 0.276. The Labute approximate surface area is 178 Å². The van der Waals surface area contributed by atoms with E-state index >= 15 is 0 Å². The molecule has 0 unspecified atom stereocenters. The second-order valence-electron chi connectivity index (χ2n) is 8.01. The monoisotopic (exact) mass is 418 g/mol. The van der Waals surface area contributed by atoms with Crippen LogP contribution in [0.1, 0.15) is 19.8 Å². The van der Waals surface area contributed by atoms with Gasteiger partial charge in [0.15, 0.2) is 0 Å². The lowest BCUT2D eigenvalue weighted by Gasteiger charge is -2.23. The summed E-state index contributed by atoms with van der Waals surface area (Å²) >= 11 is 0. The second-order valence-corrected chi connectivity index (χ2v) is 8.01. The minimum atomic E-state index is -0.929. The van der Waals surface area contributed by atoms with Gasteiger partial charge in [0, 0.05) is 16.8 Å². The number of likely N-dealkylation sites (tertiary alicyclic amines) is 1. The summed E-state index contributed by atoms with van der Waals surface area (Å²) in [5, 5.41) is 4.64. The molecule has 0 spiro atoms. The molecule has 3 atom stereocenters. The third-order valence-corrected chi connectivity index (χ3v) is 6.27. The van der Waals surface area contributed by atoms with Crippen molar-refractivity contribution in [3.05, 3.63) is 48.6 Å². The Balaban J connectivity index is 1.44. The molecule has 3 amide bonds. The van der Waals surface area contributed by atoms with Crippen LogP contribution in [0.2, 0.25) is 0 Å². The zero-order chi connectivity index (χ0) is 21.7. The summed E-state index contributed by atoms with van der Waals surface area (Å²) in [5.74, 6) is -1.27. The van der Waals surface area contributed by atoms with Crippen LogP contribution in [0.3, 0.4) is 0 Å². The number of furan rings is 1. The third kappa shape index (κ3) is 3.00. The molecular formula is C24H22N2O5. The summed E-state index contributed by atoms with van der Waals surface area (Å²) in [4.78, 5) is 39.7. The number of nitrogens with one attached hydrogen (secondary N) is 1. The Hall–Kier alpha value is -3.61. The molecule has 3 aromatic rings. The van der Waals surface area contributed by atoms with E-state index in [1.807, 2.05) is 42.5 Å². The number of allylic oxidation sites excluding steroid dienone is 2. The van der Waals surface area contributed by atoms with Gasteiger partial charge in [-0.15, -0.1) is 0 Å². The molecule has 0 radical (unpaired) electrons. The Kier molecular flexibility index (Phi) is 4.54. The van der Waals surface area contributed by atoms with Gasteiger partial charge in [0.05, 0.1) is 24.6 Å². The molecule has 1 aliphatic heterocycles. The van der Waals surface area contributed by atoms with Crippen LogP contribution in [0.25, 0.3) is 21.9 Å². The van der Waals surface area contributed by atoms with E-state index in [0.29, 0.717) is 29.9 Å². The lowest BCUT2D eigenvalue weighted by atomic mass is 9.85. The van der Waals surface area contributed by atoms with Crippen LogP contribution in [0.4, 0.5) is 5.69 Å². The van der Waals surface area contributed by atoms with Gasteiger partial charge in [-0.1, -0.05) is 30.4 Å². The van der Waals surface area contributed by atoms with Gasteiger partial charge in [0.25, 0.3) is 0 Å². The van der Waals surface area contributed by atoms with Crippen molar-refractivity contribution in [1.82, 2.24) is 4.90 Å². The molecule has 7 nitrogen and oxygen atoms in total. The van der Waals surface area contributed by atoms with Gasteiger partial charge in [-0.05, 0) is 31.9 Å². The molecule has 1 fully saturated rings. The van der Waals surface area contributed by atoms with Gasteiger partial charge in [0.2, 0.25) is 17.7 Å². The molecule has 0 bridgehead atoms. The van der Waals surface area contributed by atoms with Gasteiger partial charge in [-0.25, -0.2) is 0 Å². The fourth-order valence-corrected chi connectivity index (χ4v) is 4.58. The maximum atomic E-state index is 13.0. The summed E-state index contributed by atoms with van der Waals surface area (Å²) in [5.41, 5.74) is 1.76. The van der Waals surface area contributed by atoms with Crippen LogP contribution in [0.15, 0.2) is 53.0 Å². The largest absolute Gasteiger partial charge is 0.495 e. The lowest BCUT2D eigenvalue weighted by Crippen LogP contribution is -2.46. The highest BCUT2D eigenvalue weighted by Gasteiger charge is 2.50. The summed E-state index contributed by atoms with van der Waals surface area (Å²) in [6.07, 6.45) is 4.93. The first-order valence-corrected chi connectivity index (χ1v) is 10.3. The first kappa shape index (κ1) is 19.4. The summed E-state index contributed by atoms with van der Waals surface area (Å²) in [6, 6.07) is 10.2. The standard InChI is InChI=1S/C24H22N2O5/c1-13(26-23(28)15-8-3-4-9-16(15)24(26)29)22(27)25-18-12-20-17(11-21(18)30-2)14-7-5-6-10-19(14)31-20/h3-7,10-13,15-16H,8-9H2,1-2H3,(H,25,27)/t13-,15-,16+/m0/s1. The maximum absolute atomic E-state index is 13.0. The number of ether oxygens (including phenoxy) is 1. The molecule has 1 saturated heterocycles. The van der Waals surface area contributed by atoms with Crippen LogP contribution >= 0.6 is 0 Å². The number of imide groups is 1. The molecule has 158 valence electrons. The average Bonchev–Trinajstić information content (AvgIpc) is 3.27. The number of para-hydroxylation sites is 1. The normalized spacial score (nSPS) is 21.5. The van der Waals surface area contributed by atoms with E-state index in [4.69, 9.17) is 9.15 Å². The summed E-state index contributed by atoms with van der Waals surface area (Å²) < 4.78 is 11.4. The second kappa shape index (κ2) is 7.27. The molecule has 0 saturated carbocycles. The van der Waals surface area contributed by atoms with Crippen LogP contribution in [0, 0.1) is 11.8 Å². The summed E-state index contributed by atoms with van der Waals surface area (Å²) in [7, 11) is 1.52. The zero-order valence-corrected chi connectivity index (χ0v) is 17.3. The number of amides is 3. The van der Waals surface area contributed by atoms with Crippen LogP contribution in [-0.4, -0.2) is 35.8 Å². The van der Waals surface area contributed by atoms with Crippen molar-refractivity contribution in [2.24, 2.45) is 11.8 Å². The minimum Gasteiger partial charge on any atom is -0.495 e. The quantitative estimate of drug-likeness (QED) is 0.513. The van der Waals surface area contributed by atoms with Gasteiger partial charge >= 0.3 is 0 Å². The van der Waals surface area contributed by atoms with Crippen molar-refractivity contribution in [1.29, 1.82) is 0 Å².